The van der Waals surface area contributed by atoms with Crippen LogP contribution in [-0.2, 0) is 22.6 Å². The molecule has 33 heavy (non-hydrogen) atoms. The third-order valence-electron chi connectivity index (χ3n) is 5.14. The molecule has 4 rings (SSSR count). The molecule has 1 aromatic heterocycles. The van der Waals surface area contributed by atoms with Crippen LogP contribution >= 0.6 is 27.7 Å². The minimum Gasteiger partial charge on any atom is -0.467 e. The van der Waals surface area contributed by atoms with Crippen molar-refractivity contribution in [2.24, 2.45) is 0 Å². The third kappa shape index (κ3) is 5.21. The molecule has 6 nitrogen and oxygen atoms in total. The maximum absolute atomic E-state index is 13.5. The topological polar surface area (TPSA) is 86.3 Å². The van der Waals surface area contributed by atoms with Crippen molar-refractivity contribution < 1.29 is 14.0 Å². The zero-order chi connectivity index (χ0) is 23.4. The molecule has 2 amide bonds. The summed E-state index contributed by atoms with van der Waals surface area (Å²) in [6.07, 6.45) is 2.01. The molecule has 166 valence electrons. The van der Waals surface area contributed by atoms with Crippen molar-refractivity contribution in [3.05, 3.63) is 98.9 Å². The fourth-order valence-electron chi connectivity index (χ4n) is 3.42. The van der Waals surface area contributed by atoms with Crippen LogP contribution < -0.4 is 10.2 Å². The summed E-state index contributed by atoms with van der Waals surface area (Å²) in [4.78, 5) is 27.8. The van der Waals surface area contributed by atoms with Gasteiger partial charge in [0.05, 0.1) is 18.1 Å². The van der Waals surface area contributed by atoms with Gasteiger partial charge in [0, 0.05) is 10.2 Å². The summed E-state index contributed by atoms with van der Waals surface area (Å²) in [5, 5.41) is 12.5. The number of halogens is 1. The molecule has 1 saturated heterocycles. The Bertz CT molecular complexity index is 1230. The normalized spacial score (nSPS) is 17.1. The second-order valence-electron chi connectivity index (χ2n) is 7.50. The highest BCUT2D eigenvalue weighted by atomic mass is 79.9. The SMILES string of the molecule is Cc1ccc(CC2S/C(=C(/C#N)C(=O)NCc3ccco3)N(c3ccc(Br)cc3)C2=O)cc1. The number of furan rings is 1. The van der Waals surface area contributed by atoms with Gasteiger partial charge in [-0.2, -0.15) is 5.26 Å². The molecule has 1 unspecified atom stereocenters. The van der Waals surface area contributed by atoms with E-state index in [-0.39, 0.29) is 18.0 Å². The Kier molecular flexibility index (Phi) is 7.02. The standard InChI is InChI=1S/C25H20BrN3O3S/c1-16-4-6-17(7-5-16)13-22-24(31)29(19-10-8-18(26)9-11-19)25(33-22)21(14-27)23(30)28-15-20-3-2-12-32-20/h2-12,22H,13,15H2,1H3,(H,28,30)/b25-21-. The number of rotatable bonds is 6. The number of nitriles is 1. The van der Waals surface area contributed by atoms with Gasteiger partial charge in [0.25, 0.3) is 5.91 Å². The maximum atomic E-state index is 13.5. The highest BCUT2D eigenvalue weighted by Gasteiger charge is 2.40. The number of amides is 2. The van der Waals surface area contributed by atoms with Gasteiger partial charge in [-0.1, -0.05) is 57.5 Å². The van der Waals surface area contributed by atoms with E-state index >= 15 is 0 Å². The van der Waals surface area contributed by atoms with Crippen molar-refractivity contribution in [1.82, 2.24) is 5.32 Å². The molecule has 0 spiro atoms. The van der Waals surface area contributed by atoms with Crippen molar-refractivity contribution in [3.8, 4) is 6.07 Å². The summed E-state index contributed by atoms with van der Waals surface area (Å²) in [6.45, 7) is 2.16. The van der Waals surface area contributed by atoms with Gasteiger partial charge in [-0.25, -0.2) is 0 Å². The van der Waals surface area contributed by atoms with Crippen molar-refractivity contribution in [3.63, 3.8) is 0 Å². The van der Waals surface area contributed by atoms with E-state index in [9.17, 15) is 14.9 Å². The van der Waals surface area contributed by atoms with Gasteiger partial charge in [0.15, 0.2) is 0 Å². The van der Waals surface area contributed by atoms with Gasteiger partial charge in [-0.3, -0.25) is 14.5 Å². The Morgan fingerprint density at radius 2 is 1.91 bits per heavy atom. The number of hydrogen-bond acceptors (Lipinski definition) is 5. The van der Waals surface area contributed by atoms with Gasteiger partial charge >= 0.3 is 0 Å². The Hall–Kier alpha value is -3.28. The maximum Gasteiger partial charge on any atom is 0.265 e. The van der Waals surface area contributed by atoms with E-state index in [2.05, 4.69) is 21.2 Å². The zero-order valence-electron chi connectivity index (χ0n) is 17.7. The van der Waals surface area contributed by atoms with Gasteiger partial charge in [-0.05, 0) is 55.3 Å². The van der Waals surface area contributed by atoms with Crippen molar-refractivity contribution in [2.75, 3.05) is 4.90 Å². The zero-order valence-corrected chi connectivity index (χ0v) is 20.2. The van der Waals surface area contributed by atoms with Gasteiger partial charge < -0.3 is 9.73 Å². The minimum atomic E-state index is -0.553. The van der Waals surface area contributed by atoms with E-state index < -0.39 is 11.2 Å². The molecule has 1 aliphatic heterocycles. The average Bonchev–Trinajstić information content (AvgIpc) is 3.44. The van der Waals surface area contributed by atoms with E-state index in [0.29, 0.717) is 22.9 Å². The number of hydrogen-bond donors (Lipinski definition) is 1. The number of nitrogens with one attached hydrogen (secondary N) is 1. The fraction of sp³-hybridized carbons (Fsp3) is 0.160. The predicted octanol–water partition coefficient (Wildman–Crippen LogP) is 5.09. The van der Waals surface area contributed by atoms with E-state index in [1.54, 1.807) is 24.3 Å². The van der Waals surface area contributed by atoms with E-state index in [1.165, 1.54) is 22.9 Å². The quantitative estimate of drug-likeness (QED) is 0.360. The number of nitrogens with zero attached hydrogens (tertiary/aromatic N) is 2. The molecular formula is C25H20BrN3O3S. The first-order chi connectivity index (χ1) is 16.0. The largest absolute Gasteiger partial charge is 0.467 e. The minimum absolute atomic E-state index is 0.103. The second-order valence-corrected chi connectivity index (χ2v) is 9.61. The highest BCUT2D eigenvalue weighted by molar-refractivity contribution is 9.10. The molecule has 0 aliphatic carbocycles. The van der Waals surface area contributed by atoms with Crippen LogP contribution in [0.2, 0.25) is 0 Å². The lowest BCUT2D eigenvalue weighted by Crippen LogP contribution is -2.32. The molecule has 1 N–H and O–H groups in total. The fourth-order valence-corrected chi connectivity index (χ4v) is 4.99. The number of carbonyl (C=O) groups excluding carboxylic acids is 2. The number of benzene rings is 2. The first-order valence-corrected chi connectivity index (χ1v) is 11.9. The van der Waals surface area contributed by atoms with Crippen molar-refractivity contribution in [1.29, 1.82) is 5.26 Å². The Balaban J connectivity index is 1.67. The van der Waals surface area contributed by atoms with E-state index in [0.717, 1.165) is 15.6 Å². The molecule has 2 aromatic carbocycles. The van der Waals surface area contributed by atoms with Crippen molar-refractivity contribution >= 4 is 45.2 Å². The molecular weight excluding hydrogens is 502 g/mol. The van der Waals surface area contributed by atoms with Crippen LogP contribution in [0.5, 0.6) is 0 Å². The molecule has 8 heteroatoms. The van der Waals surface area contributed by atoms with Crippen LogP contribution in [0.4, 0.5) is 5.69 Å². The number of carbonyl (C=O) groups is 2. The lowest BCUT2D eigenvalue weighted by atomic mass is 10.1. The molecule has 0 saturated carbocycles. The highest BCUT2D eigenvalue weighted by Crippen LogP contribution is 2.42. The third-order valence-corrected chi connectivity index (χ3v) is 6.93. The molecule has 0 bridgehead atoms. The van der Waals surface area contributed by atoms with Gasteiger partial charge in [0.1, 0.15) is 22.4 Å². The van der Waals surface area contributed by atoms with Crippen LogP contribution in [0, 0.1) is 18.3 Å². The molecule has 0 radical (unpaired) electrons. The summed E-state index contributed by atoms with van der Waals surface area (Å²) < 4.78 is 6.11. The van der Waals surface area contributed by atoms with Crippen LogP contribution in [-0.4, -0.2) is 17.1 Å². The van der Waals surface area contributed by atoms with Crippen molar-refractivity contribution in [2.45, 2.75) is 25.1 Å². The number of aryl methyl sites for hydroxylation is 1. The van der Waals surface area contributed by atoms with Crippen LogP contribution in [0.1, 0.15) is 16.9 Å². The molecule has 1 atom stereocenters. The summed E-state index contributed by atoms with van der Waals surface area (Å²) in [6, 6.07) is 20.7. The van der Waals surface area contributed by atoms with E-state index in [1.807, 2.05) is 49.4 Å². The van der Waals surface area contributed by atoms with Crippen LogP contribution in [0.15, 0.2) is 86.4 Å². The second kappa shape index (κ2) is 10.1. The summed E-state index contributed by atoms with van der Waals surface area (Å²) in [7, 11) is 0. The van der Waals surface area contributed by atoms with Gasteiger partial charge in [0.2, 0.25) is 5.91 Å². The summed E-state index contributed by atoms with van der Waals surface area (Å²) in [5.74, 6) is -0.144. The van der Waals surface area contributed by atoms with Gasteiger partial charge in [-0.15, -0.1) is 0 Å². The Labute approximate surface area is 204 Å². The molecule has 2 heterocycles. The summed E-state index contributed by atoms with van der Waals surface area (Å²) >= 11 is 4.65. The monoisotopic (exact) mass is 521 g/mol. The number of thioether (sulfide) groups is 1. The smallest absolute Gasteiger partial charge is 0.265 e. The first kappa shape index (κ1) is 22.9. The van der Waals surface area contributed by atoms with E-state index in [4.69, 9.17) is 4.42 Å². The predicted molar refractivity (Wildman–Crippen MR) is 131 cm³/mol. The summed E-state index contributed by atoms with van der Waals surface area (Å²) in [5.41, 5.74) is 2.66. The molecule has 1 fully saturated rings. The molecule has 3 aromatic rings. The Morgan fingerprint density at radius 3 is 2.55 bits per heavy atom. The van der Waals surface area contributed by atoms with Crippen LogP contribution in [0.3, 0.4) is 0 Å². The lowest BCUT2D eigenvalue weighted by Gasteiger charge is -2.18. The number of anilines is 1. The van der Waals surface area contributed by atoms with Crippen LogP contribution in [0.25, 0.3) is 0 Å². The molecule has 1 aliphatic rings. The first-order valence-electron chi connectivity index (χ1n) is 10.2. The Morgan fingerprint density at radius 1 is 1.18 bits per heavy atom. The lowest BCUT2D eigenvalue weighted by molar-refractivity contribution is -0.117. The average molecular weight is 522 g/mol.